The predicted molar refractivity (Wildman–Crippen MR) is 229 cm³/mol. The number of hydrogen-bond donors (Lipinski definition) is 0. The summed E-state index contributed by atoms with van der Waals surface area (Å²) >= 11 is 0. The lowest BCUT2D eigenvalue weighted by Gasteiger charge is -2.14. The van der Waals surface area contributed by atoms with Crippen LogP contribution in [-0.2, 0) is 0 Å². The molecule has 5 nitrogen and oxygen atoms in total. The average Bonchev–Trinajstić information content (AvgIpc) is 3.75. The van der Waals surface area contributed by atoms with E-state index in [2.05, 4.69) is 137 Å². The molecule has 3 aromatic heterocycles. The fourth-order valence-corrected chi connectivity index (χ4v) is 8.82. The highest BCUT2D eigenvalue weighted by Gasteiger charge is 2.26. The van der Waals surface area contributed by atoms with Crippen LogP contribution in [0.1, 0.15) is 0 Å². The van der Waals surface area contributed by atoms with E-state index in [-0.39, 0.29) is 0 Å². The average molecular weight is 714 g/mol. The summed E-state index contributed by atoms with van der Waals surface area (Å²) in [5.74, 6) is 1.94. The Morgan fingerprint density at radius 2 is 0.804 bits per heavy atom. The summed E-state index contributed by atoms with van der Waals surface area (Å²) in [5, 5.41) is 4.99. The summed E-state index contributed by atoms with van der Waals surface area (Å²) in [6.45, 7) is 0. The van der Waals surface area contributed by atoms with Crippen molar-refractivity contribution in [2.24, 2.45) is 0 Å². The van der Waals surface area contributed by atoms with E-state index in [0.29, 0.717) is 17.5 Å². The van der Waals surface area contributed by atoms with E-state index in [1.165, 1.54) is 60.5 Å². The Bertz CT molecular complexity index is 3280. The highest BCUT2D eigenvalue weighted by Crippen LogP contribution is 2.49. The van der Waals surface area contributed by atoms with E-state index in [9.17, 15) is 0 Å². The molecule has 0 aliphatic carbocycles. The van der Waals surface area contributed by atoms with Crippen molar-refractivity contribution in [2.75, 3.05) is 0 Å². The van der Waals surface area contributed by atoms with Gasteiger partial charge in [-0.25, -0.2) is 15.0 Å². The summed E-state index contributed by atoms with van der Waals surface area (Å²) in [7, 11) is 0. The molecule has 0 amide bonds. The predicted octanol–water partition coefficient (Wildman–Crippen LogP) is 12.7. The normalized spacial score (nSPS) is 11.9. The van der Waals surface area contributed by atoms with Crippen LogP contribution in [0.25, 0.3) is 111 Å². The number of fused-ring (bicyclic) bond motifs is 11. The summed E-state index contributed by atoms with van der Waals surface area (Å²) in [5.41, 5.74) is 14.8. The lowest BCUT2D eigenvalue weighted by atomic mass is 9.92. The van der Waals surface area contributed by atoms with Crippen molar-refractivity contribution in [1.29, 1.82) is 0 Å². The van der Waals surface area contributed by atoms with Gasteiger partial charge in [-0.3, -0.25) is 0 Å². The molecule has 0 fully saturated rings. The minimum absolute atomic E-state index is 0.638. The Balaban J connectivity index is 1.07. The molecule has 1 aliphatic heterocycles. The zero-order valence-electron chi connectivity index (χ0n) is 30.1. The maximum atomic E-state index is 4.99. The van der Waals surface area contributed by atoms with Crippen LogP contribution in [0.5, 0.6) is 0 Å². The Hall–Kier alpha value is -7.63. The van der Waals surface area contributed by atoms with Crippen molar-refractivity contribution in [2.45, 2.75) is 0 Å². The molecular formula is C51H31N5. The van der Waals surface area contributed by atoms with Crippen LogP contribution in [0.3, 0.4) is 0 Å². The van der Waals surface area contributed by atoms with Gasteiger partial charge in [-0.15, -0.1) is 0 Å². The maximum absolute atomic E-state index is 4.99. The van der Waals surface area contributed by atoms with Gasteiger partial charge >= 0.3 is 0 Å². The highest BCUT2D eigenvalue weighted by molar-refractivity contribution is 6.19. The molecule has 0 N–H and O–H groups in total. The highest BCUT2D eigenvalue weighted by atomic mass is 15.0. The molecule has 56 heavy (non-hydrogen) atoms. The third-order valence-corrected chi connectivity index (χ3v) is 11.3. The number of benzene rings is 8. The second kappa shape index (κ2) is 11.9. The molecule has 0 saturated carbocycles. The minimum atomic E-state index is 0.638. The molecule has 4 heterocycles. The van der Waals surface area contributed by atoms with Crippen molar-refractivity contribution in [3.8, 4) is 67.8 Å². The quantitative estimate of drug-likeness (QED) is 0.182. The van der Waals surface area contributed by atoms with Crippen LogP contribution >= 0.6 is 0 Å². The van der Waals surface area contributed by atoms with Crippen LogP contribution in [0, 0.1) is 0 Å². The van der Waals surface area contributed by atoms with Gasteiger partial charge in [0.2, 0.25) is 0 Å². The van der Waals surface area contributed by atoms with Gasteiger partial charge in [0.05, 0.1) is 27.8 Å². The SMILES string of the molecule is c1ccc(-c2nc(-c3ccccc3)nc(-c3ccc(-n4c5ccccc5c5cc6c(cc54)-c4ccccc4-n4c5ccccc5c5cccc-6c54)cc3)n2)cc1. The van der Waals surface area contributed by atoms with Crippen molar-refractivity contribution in [3.05, 3.63) is 188 Å². The van der Waals surface area contributed by atoms with E-state index >= 15 is 0 Å². The Labute approximate surface area is 322 Å². The maximum Gasteiger partial charge on any atom is 0.164 e. The third kappa shape index (κ3) is 4.52. The molecule has 0 bridgehead atoms. The number of hydrogen-bond acceptors (Lipinski definition) is 3. The zero-order chi connectivity index (χ0) is 36.7. The lowest BCUT2D eigenvalue weighted by molar-refractivity contribution is 1.07. The molecule has 8 aromatic carbocycles. The molecule has 12 rings (SSSR count). The van der Waals surface area contributed by atoms with Gasteiger partial charge in [0.25, 0.3) is 0 Å². The van der Waals surface area contributed by atoms with E-state index in [4.69, 9.17) is 15.0 Å². The summed E-state index contributed by atoms with van der Waals surface area (Å²) in [6, 6.07) is 66.9. The van der Waals surface area contributed by atoms with Crippen LogP contribution < -0.4 is 0 Å². The number of rotatable bonds is 4. The fraction of sp³-hybridized carbons (Fsp3) is 0. The fourth-order valence-electron chi connectivity index (χ4n) is 8.82. The van der Waals surface area contributed by atoms with Crippen LogP contribution in [0.4, 0.5) is 0 Å². The summed E-state index contributed by atoms with van der Waals surface area (Å²) in [4.78, 5) is 14.9. The van der Waals surface area contributed by atoms with Crippen LogP contribution in [0.2, 0.25) is 0 Å². The first-order valence-corrected chi connectivity index (χ1v) is 19.0. The Morgan fingerprint density at radius 3 is 1.48 bits per heavy atom. The van der Waals surface area contributed by atoms with Gasteiger partial charge in [-0.2, -0.15) is 0 Å². The van der Waals surface area contributed by atoms with E-state index in [1.807, 2.05) is 60.7 Å². The van der Waals surface area contributed by atoms with Gasteiger partial charge in [0, 0.05) is 55.0 Å². The smallest absolute Gasteiger partial charge is 0.164 e. The van der Waals surface area contributed by atoms with E-state index in [1.54, 1.807) is 0 Å². The first-order valence-electron chi connectivity index (χ1n) is 19.0. The molecule has 0 spiro atoms. The number of aromatic nitrogens is 5. The van der Waals surface area contributed by atoms with Gasteiger partial charge < -0.3 is 9.13 Å². The first kappa shape index (κ1) is 30.8. The summed E-state index contributed by atoms with van der Waals surface area (Å²) in [6.07, 6.45) is 0. The van der Waals surface area contributed by atoms with Gasteiger partial charge in [0.15, 0.2) is 17.5 Å². The molecule has 11 aromatic rings. The monoisotopic (exact) mass is 713 g/mol. The second-order valence-electron chi connectivity index (χ2n) is 14.4. The minimum Gasteiger partial charge on any atom is -0.309 e. The Kier molecular flexibility index (Phi) is 6.56. The molecule has 5 heteroatoms. The number of para-hydroxylation sites is 4. The van der Waals surface area contributed by atoms with Crippen molar-refractivity contribution in [3.63, 3.8) is 0 Å². The third-order valence-electron chi connectivity index (χ3n) is 11.3. The van der Waals surface area contributed by atoms with Gasteiger partial charge in [-0.05, 0) is 65.7 Å². The van der Waals surface area contributed by atoms with Gasteiger partial charge in [0.1, 0.15) is 0 Å². The van der Waals surface area contributed by atoms with E-state index < -0.39 is 0 Å². The van der Waals surface area contributed by atoms with Crippen LogP contribution in [0.15, 0.2) is 188 Å². The van der Waals surface area contributed by atoms with Gasteiger partial charge in [-0.1, -0.05) is 133 Å². The van der Waals surface area contributed by atoms with E-state index in [0.717, 1.165) is 33.4 Å². The zero-order valence-corrected chi connectivity index (χ0v) is 30.1. The number of nitrogens with zero attached hydrogens (tertiary/aromatic N) is 5. The molecule has 260 valence electrons. The summed E-state index contributed by atoms with van der Waals surface area (Å²) < 4.78 is 4.87. The molecule has 1 aliphatic rings. The molecular weight excluding hydrogens is 683 g/mol. The molecule has 0 saturated heterocycles. The second-order valence-corrected chi connectivity index (χ2v) is 14.4. The Morgan fingerprint density at radius 1 is 0.304 bits per heavy atom. The largest absolute Gasteiger partial charge is 0.309 e. The molecule has 0 radical (unpaired) electrons. The van der Waals surface area contributed by atoms with Crippen molar-refractivity contribution >= 4 is 43.6 Å². The van der Waals surface area contributed by atoms with Crippen molar-refractivity contribution in [1.82, 2.24) is 24.1 Å². The topological polar surface area (TPSA) is 48.5 Å². The van der Waals surface area contributed by atoms with Crippen LogP contribution in [-0.4, -0.2) is 24.1 Å². The first-order chi connectivity index (χ1) is 27.8. The lowest BCUT2D eigenvalue weighted by Crippen LogP contribution is -2.00. The van der Waals surface area contributed by atoms with Crippen molar-refractivity contribution < 1.29 is 0 Å². The molecule has 0 atom stereocenters. The molecule has 0 unspecified atom stereocenters. The standard InChI is InChI=1S/C51H31N5/c1-3-14-32(15-4-1)49-52-50(33-16-5-2-6-17-33)54-51(53-49)34-26-28-35(29-27-34)55-44-23-10-9-20-38(44)43-30-41-40-22-13-21-39-36-18-7-11-24-45(36)56(48(39)40)46-25-12-8-19-37(46)42(41)31-47(43)55/h1-31H.